The molecule has 1 aliphatic carbocycles. The molecule has 0 unspecified atom stereocenters. The van der Waals surface area contributed by atoms with Crippen LogP contribution < -0.4 is 0 Å². The van der Waals surface area contributed by atoms with Crippen molar-refractivity contribution in [1.82, 2.24) is 15.0 Å². The van der Waals surface area contributed by atoms with Gasteiger partial charge in [-0.25, -0.2) is 9.97 Å². The van der Waals surface area contributed by atoms with Crippen LogP contribution in [0, 0.1) is 0 Å². The van der Waals surface area contributed by atoms with Crippen molar-refractivity contribution >= 4 is 0 Å². The summed E-state index contributed by atoms with van der Waals surface area (Å²) in [5, 5.41) is 0. The standard InChI is InChI=1S/C52H35N3/c1-4-14-36(15-5-1)37-23-29-40(30-24-37)51-54-49(39-27-25-38(26-28-39)48-22-12-13-33-53-48)35-50(55-51)41-31-32-47-45(34-41)44-20-10-11-21-46(44)52(47,42-16-6-2-7-17-42)43-18-8-3-9-19-43/h1-35H. The average molecular weight is 702 g/mol. The first-order valence-electron chi connectivity index (χ1n) is 18.7. The Morgan fingerprint density at radius 3 is 1.45 bits per heavy atom. The number of fused-ring (bicyclic) bond motifs is 3. The first-order valence-corrected chi connectivity index (χ1v) is 18.7. The van der Waals surface area contributed by atoms with Crippen LogP contribution in [0.25, 0.3) is 67.4 Å². The molecule has 0 bridgehead atoms. The molecule has 0 spiro atoms. The van der Waals surface area contributed by atoms with Crippen molar-refractivity contribution in [2.45, 2.75) is 5.41 Å². The van der Waals surface area contributed by atoms with Gasteiger partial charge in [-0.3, -0.25) is 4.98 Å². The highest BCUT2D eigenvalue weighted by Crippen LogP contribution is 2.56. The third-order valence-electron chi connectivity index (χ3n) is 10.9. The van der Waals surface area contributed by atoms with Gasteiger partial charge in [-0.2, -0.15) is 0 Å². The molecule has 0 fully saturated rings. The van der Waals surface area contributed by atoms with E-state index < -0.39 is 5.41 Å². The minimum absolute atomic E-state index is 0.454. The maximum atomic E-state index is 5.28. The first-order chi connectivity index (χ1) is 27.3. The molecule has 3 nitrogen and oxygen atoms in total. The number of pyridine rings is 1. The second-order valence-corrected chi connectivity index (χ2v) is 14.0. The zero-order chi connectivity index (χ0) is 36.6. The summed E-state index contributed by atoms with van der Waals surface area (Å²) in [5.74, 6) is 0.685. The Hall–Kier alpha value is -7.23. The van der Waals surface area contributed by atoms with Gasteiger partial charge in [-0.1, -0.05) is 182 Å². The summed E-state index contributed by atoms with van der Waals surface area (Å²) in [6.45, 7) is 0. The molecule has 7 aromatic carbocycles. The molecule has 1 aliphatic rings. The number of hydrogen-bond acceptors (Lipinski definition) is 3. The Morgan fingerprint density at radius 2 is 0.800 bits per heavy atom. The summed E-state index contributed by atoms with van der Waals surface area (Å²) in [7, 11) is 0. The van der Waals surface area contributed by atoms with Crippen LogP contribution in [0.15, 0.2) is 212 Å². The lowest BCUT2D eigenvalue weighted by Gasteiger charge is -2.33. The van der Waals surface area contributed by atoms with Gasteiger partial charge in [0.25, 0.3) is 0 Å². The van der Waals surface area contributed by atoms with E-state index in [4.69, 9.17) is 9.97 Å². The fourth-order valence-electron chi connectivity index (χ4n) is 8.27. The van der Waals surface area contributed by atoms with Crippen molar-refractivity contribution in [2.75, 3.05) is 0 Å². The van der Waals surface area contributed by atoms with E-state index in [1.807, 2.05) is 30.5 Å². The minimum Gasteiger partial charge on any atom is -0.256 e. The predicted molar refractivity (Wildman–Crippen MR) is 224 cm³/mol. The van der Waals surface area contributed by atoms with Crippen LogP contribution in [0.2, 0.25) is 0 Å². The lowest BCUT2D eigenvalue weighted by atomic mass is 9.67. The molecule has 258 valence electrons. The number of aromatic nitrogens is 3. The van der Waals surface area contributed by atoms with Gasteiger partial charge in [0, 0.05) is 28.5 Å². The highest BCUT2D eigenvalue weighted by atomic mass is 14.9. The van der Waals surface area contributed by atoms with Crippen LogP contribution in [0.4, 0.5) is 0 Å². The van der Waals surface area contributed by atoms with Crippen molar-refractivity contribution < 1.29 is 0 Å². The number of nitrogens with zero attached hydrogens (tertiary/aromatic N) is 3. The van der Waals surface area contributed by atoms with Crippen molar-refractivity contribution in [2.24, 2.45) is 0 Å². The Bertz CT molecular complexity index is 2620. The molecule has 0 radical (unpaired) electrons. The van der Waals surface area contributed by atoms with Crippen LogP contribution in [-0.4, -0.2) is 15.0 Å². The highest BCUT2D eigenvalue weighted by Gasteiger charge is 2.46. The lowest BCUT2D eigenvalue weighted by Crippen LogP contribution is -2.28. The number of rotatable bonds is 7. The Labute approximate surface area is 321 Å². The summed E-state index contributed by atoms with van der Waals surface area (Å²) in [6.07, 6.45) is 1.83. The van der Waals surface area contributed by atoms with Gasteiger partial charge in [0.15, 0.2) is 5.82 Å². The second-order valence-electron chi connectivity index (χ2n) is 14.0. The molecule has 10 rings (SSSR count). The predicted octanol–water partition coefficient (Wildman–Crippen LogP) is 12.6. The van der Waals surface area contributed by atoms with Gasteiger partial charge in [0.2, 0.25) is 0 Å². The quantitative estimate of drug-likeness (QED) is 0.166. The molecule has 55 heavy (non-hydrogen) atoms. The van der Waals surface area contributed by atoms with Crippen molar-refractivity contribution in [1.29, 1.82) is 0 Å². The fraction of sp³-hybridized carbons (Fsp3) is 0.0192. The maximum absolute atomic E-state index is 5.28. The number of benzene rings is 7. The fourth-order valence-corrected chi connectivity index (χ4v) is 8.27. The Kier molecular flexibility index (Phi) is 8.04. The van der Waals surface area contributed by atoms with Crippen molar-refractivity contribution in [3.05, 3.63) is 235 Å². The first kappa shape index (κ1) is 32.4. The van der Waals surface area contributed by atoms with Crippen molar-refractivity contribution in [3.63, 3.8) is 0 Å². The van der Waals surface area contributed by atoms with E-state index in [0.29, 0.717) is 5.82 Å². The largest absolute Gasteiger partial charge is 0.256 e. The van der Waals surface area contributed by atoms with E-state index in [0.717, 1.165) is 44.9 Å². The monoisotopic (exact) mass is 701 g/mol. The Morgan fingerprint density at radius 1 is 0.309 bits per heavy atom. The molecule has 0 saturated carbocycles. The average Bonchev–Trinajstić information content (AvgIpc) is 3.58. The molecule has 3 heteroatoms. The van der Waals surface area contributed by atoms with E-state index in [1.54, 1.807) is 0 Å². The van der Waals surface area contributed by atoms with E-state index in [9.17, 15) is 0 Å². The van der Waals surface area contributed by atoms with Gasteiger partial charge < -0.3 is 0 Å². The zero-order valence-electron chi connectivity index (χ0n) is 30.0. The van der Waals surface area contributed by atoms with E-state index in [-0.39, 0.29) is 0 Å². The van der Waals surface area contributed by atoms with E-state index in [2.05, 4.69) is 187 Å². The normalized spacial score (nSPS) is 12.5. The van der Waals surface area contributed by atoms with Gasteiger partial charge in [-0.05, 0) is 68.8 Å². The minimum atomic E-state index is -0.454. The topological polar surface area (TPSA) is 38.7 Å². The maximum Gasteiger partial charge on any atom is 0.160 e. The van der Waals surface area contributed by atoms with Crippen LogP contribution in [0.5, 0.6) is 0 Å². The van der Waals surface area contributed by atoms with Gasteiger partial charge in [0.05, 0.1) is 22.5 Å². The lowest BCUT2D eigenvalue weighted by molar-refractivity contribution is 0.768. The summed E-state index contributed by atoms with van der Waals surface area (Å²) in [4.78, 5) is 15.0. The summed E-state index contributed by atoms with van der Waals surface area (Å²) in [5.41, 5.74) is 16.2. The molecule has 9 aromatic rings. The molecule has 0 N–H and O–H groups in total. The molecular formula is C52H35N3. The van der Waals surface area contributed by atoms with E-state index >= 15 is 0 Å². The third-order valence-corrected chi connectivity index (χ3v) is 10.9. The van der Waals surface area contributed by atoms with Crippen LogP contribution in [-0.2, 0) is 5.41 Å². The van der Waals surface area contributed by atoms with Crippen LogP contribution in [0.1, 0.15) is 22.3 Å². The molecule has 0 saturated heterocycles. The Balaban J connectivity index is 1.14. The van der Waals surface area contributed by atoms with Crippen LogP contribution >= 0.6 is 0 Å². The molecule has 0 amide bonds. The molecule has 2 heterocycles. The van der Waals surface area contributed by atoms with Gasteiger partial charge in [0.1, 0.15) is 0 Å². The molecular weight excluding hydrogens is 667 g/mol. The van der Waals surface area contributed by atoms with Crippen LogP contribution in [0.3, 0.4) is 0 Å². The second kappa shape index (κ2) is 13.6. The smallest absolute Gasteiger partial charge is 0.160 e. The number of hydrogen-bond donors (Lipinski definition) is 0. The summed E-state index contributed by atoms with van der Waals surface area (Å²) in [6, 6.07) is 73.2. The molecule has 0 aliphatic heterocycles. The highest BCUT2D eigenvalue weighted by molar-refractivity contribution is 5.89. The van der Waals surface area contributed by atoms with Gasteiger partial charge in [-0.15, -0.1) is 0 Å². The summed E-state index contributed by atoms with van der Waals surface area (Å²) < 4.78 is 0. The third kappa shape index (κ3) is 5.65. The molecule has 2 aromatic heterocycles. The van der Waals surface area contributed by atoms with Gasteiger partial charge >= 0.3 is 0 Å². The summed E-state index contributed by atoms with van der Waals surface area (Å²) >= 11 is 0. The van der Waals surface area contributed by atoms with E-state index in [1.165, 1.54) is 38.9 Å². The zero-order valence-corrected chi connectivity index (χ0v) is 30.0. The van der Waals surface area contributed by atoms with Crippen molar-refractivity contribution in [3.8, 4) is 67.4 Å². The molecule has 0 atom stereocenters. The SMILES string of the molecule is c1ccc(-c2ccc(-c3nc(-c4ccc(-c5ccccn5)cc4)cc(-c4ccc5c(c4)-c4ccccc4C5(c4ccccc4)c4ccccc4)n3)cc2)cc1.